The predicted molar refractivity (Wildman–Crippen MR) is 92.7 cm³/mol. The second kappa shape index (κ2) is 4.77. The molecule has 1 saturated heterocycles. The normalized spacial score (nSPS) is 17.9. The Labute approximate surface area is 139 Å². The Morgan fingerprint density at radius 1 is 1.12 bits per heavy atom. The van der Waals surface area contributed by atoms with Gasteiger partial charge in [-0.2, -0.15) is 0 Å². The van der Waals surface area contributed by atoms with E-state index in [1.54, 1.807) is 0 Å². The highest BCUT2D eigenvalue weighted by Crippen LogP contribution is 2.38. The first kappa shape index (κ1) is 13.9. The molecule has 4 heteroatoms. The molecule has 0 amide bonds. The van der Waals surface area contributed by atoms with Gasteiger partial charge in [-0.05, 0) is 60.5 Å². The van der Waals surface area contributed by atoms with Crippen LogP contribution in [0.25, 0.3) is 16.6 Å². The number of aliphatic imine (C=N–C) groups is 1. The second-order valence-electron chi connectivity index (χ2n) is 6.97. The minimum Gasteiger partial charge on any atom is -0.379 e. The van der Waals surface area contributed by atoms with Gasteiger partial charge in [0.1, 0.15) is 5.82 Å². The SMILES string of the molecule is CC1(c2cc3cc4c(cc3n2-c2ccc(F)cc2)C=NC4)COC1. The summed E-state index contributed by atoms with van der Waals surface area (Å²) in [5.74, 6) is -0.219. The van der Waals surface area contributed by atoms with Crippen LogP contribution in [0.5, 0.6) is 0 Å². The number of rotatable bonds is 2. The summed E-state index contributed by atoms with van der Waals surface area (Å²) in [7, 11) is 0. The molecule has 0 saturated carbocycles. The summed E-state index contributed by atoms with van der Waals surface area (Å²) in [6, 6.07) is 13.4. The van der Waals surface area contributed by atoms with E-state index in [1.807, 2.05) is 18.3 Å². The van der Waals surface area contributed by atoms with Crippen molar-refractivity contribution in [2.45, 2.75) is 18.9 Å². The molecule has 120 valence electrons. The highest BCUT2D eigenvalue weighted by atomic mass is 19.1. The average molecular weight is 320 g/mol. The van der Waals surface area contributed by atoms with Gasteiger partial charge in [0.2, 0.25) is 0 Å². The van der Waals surface area contributed by atoms with Gasteiger partial charge in [0.05, 0.1) is 30.7 Å². The molecule has 3 nitrogen and oxygen atoms in total. The third-order valence-corrected chi connectivity index (χ3v) is 5.10. The van der Waals surface area contributed by atoms with Crippen LogP contribution in [0.4, 0.5) is 4.39 Å². The first-order valence-corrected chi connectivity index (χ1v) is 8.16. The Kier molecular flexibility index (Phi) is 2.77. The second-order valence-corrected chi connectivity index (χ2v) is 6.97. The summed E-state index contributed by atoms with van der Waals surface area (Å²) in [6.07, 6.45) is 1.94. The number of hydrogen-bond donors (Lipinski definition) is 0. The average Bonchev–Trinajstić information content (AvgIpc) is 3.15. The Morgan fingerprint density at radius 3 is 2.62 bits per heavy atom. The van der Waals surface area contributed by atoms with Gasteiger partial charge in [-0.1, -0.05) is 0 Å². The molecule has 2 aliphatic heterocycles. The maximum Gasteiger partial charge on any atom is 0.123 e. The number of ether oxygens (including phenoxy) is 1. The van der Waals surface area contributed by atoms with Gasteiger partial charge in [0, 0.05) is 23.0 Å². The molecule has 0 radical (unpaired) electrons. The van der Waals surface area contributed by atoms with Gasteiger partial charge >= 0.3 is 0 Å². The van der Waals surface area contributed by atoms with Crippen molar-refractivity contribution in [3.63, 3.8) is 0 Å². The first-order valence-electron chi connectivity index (χ1n) is 8.16. The summed E-state index contributed by atoms with van der Waals surface area (Å²) in [5, 5.41) is 1.20. The minimum absolute atomic E-state index is 0.00800. The van der Waals surface area contributed by atoms with Crippen molar-refractivity contribution in [2.75, 3.05) is 13.2 Å². The van der Waals surface area contributed by atoms with Crippen molar-refractivity contribution in [1.82, 2.24) is 4.57 Å². The lowest BCUT2D eigenvalue weighted by molar-refractivity contribution is -0.0526. The van der Waals surface area contributed by atoms with Crippen molar-refractivity contribution in [2.24, 2.45) is 4.99 Å². The smallest absolute Gasteiger partial charge is 0.123 e. The van der Waals surface area contributed by atoms with Crippen LogP contribution in [0.3, 0.4) is 0 Å². The van der Waals surface area contributed by atoms with E-state index in [1.165, 1.54) is 34.3 Å². The molecule has 24 heavy (non-hydrogen) atoms. The molecule has 0 atom stereocenters. The lowest BCUT2D eigenvalue weighted by Gasteiger charge is -2.39. The molecule has 0 spiro atoms. The molecule has 3 aromatic rings. The van der Waals surface area contributed by atoms with E-state index in [0.29, 0.717) is 13.2 Å². The van der Waals surface area contributed by atoms with Gasteiger partial charge < -0.3 is 9.30 Å². The molecular weight excluding hydrogens is 303 g/mol. The van der Waals surface area contributed by atoms with Crippen molar-refractivity contribution in [3.8, 4) is 5.69 Å². The highest BCUT2D eigenvalue weighted by Gasteiger charge is 2.38. The van der Waals surface area contributed by atoms with Gasteiger partial charge in [-0.3, -0.25) is 4.99 Å². The van der Waals surface area contributed by atoms with Crippen LogP contribution in [0.1, 0.15) is 23.7 Å². The van der Waals surface area contributed by atoms with Crippen LogP contribution >= 0.6 is 0 Å². The standard InChI is InChI=1S/C20H17FN2O/c1-20(11-24-12-20)19-8-13-6-14-9-22-10-15(14)7-18(13)23(19)17-4-2-16(21)3-5-17/h2-8,10H,9,11-12H2,1H3. The maximum atomic E-state index is 13.4. The van der Waals surface area contributed by atoms with Crippen molar-refractivity contribution in [3.05, 3.63) is 65.1 Å². The third-order valence-electron chi connectivity index (χ3n) is 5.10. The van der Waals surface area contributed by atoms with Gasteiger partial charge in [-0.15, -0.1) is 0 Å². The van der Waals surface area contributed by atoms with Crippen molar-refractivity contribution >= 4 is 17.1 Å². The monoisotopic (exact) mass is 320 g/mol. The van der Waals surface area contributed by atoms with E-state index in [-0.39, 0.29) is 11.2 Å². The number of nitrogens with zero attached hydrogens (tertiary/aromatic N) is 2. The quantitative estimate of drug-likeness (QED) is 0.701. The Bertz CT molecular complexity index is 981. The number of hydrogen-bond acceptors (Lipinski definition) is 2. The first-order chi connectivity index (χ1) is 11.6. The largest absolute Gasteiger partial charge is 0.379 e. The van der Waals surface area contributed by atoms with Crippen LogP contribution < -0.4 is 0 Å². The van der Waals surface area contributed by atoms with E-state index in [2.05, 4.69) is 34.7 Å². The van der Waals surface area contributed by atoms with Crippen LogP contribution in [0, 0.1) is 5.82 Å². The summed E-state index contributed by atoms with van der Waals surface area (Å²) < 4.78 is 21.1. The molecule has 0 N–H and O–H groups in total. The molecule has 2 aliphatic rings. The lowest BCUT2D eigenvalue weighted by Crippen LogP contribution is -2.45. The molecular formula is C20H17FN2O. The van der Waals surface area contributed by atoms with Crippen molar-refractivity contribution < 1.29 is 9.13 Å². The fraction of sp³-hybridized carbons (Fsp3) is 0.250. The van der Waals surface area contributed by atoms with Crippen LogP contribution in [-0.4, -0.2) is 24.0 Å². The molecule has 3 heterocycles. The summed E-state index contributed by atoms with van der Waals surface area (Å²) in [4.78, 5) is 4.36. The van der Waals surface area contributed by atoms with Gasteiger partial charge in [-0.25, -0.2) is 4.39 Å². The fourth-order valence-corrected chi connectivity index (χ4v) is 3.69. The molecule has 0 bridgehead atoms. The van der Waals surface area contributed by atoms with E-state index in [0.717, 1.165) is 17.7 Å². The number of aromatic nitrogens is 1. The zero-order valence-electron chi connectivity index (χ0n) is 13.4. The molecule has 5 rings (SSSR count). The zero-order valence-corrected chi connectivity index (χ0v) is 13.4. The fourth-order valence-electron chi connectivity index (χ4n) is 3.69. The summed E-state index contributed by atoms with van der Waals surface area (Å²) in [6.45, 7) is 4.40. The highest BCUT2D eigenvalue weighted by molar-refractivity contribution is 5.94. The van der Waals surface area contributed by atoms with E-state index in [9.17, 15) is 4.39 Å². The molecule has 2 aromatic carbocycles. The summed E-state index contributed by atoms with van der Waals surface area (Å²) >= 11 is 0. The van der Waals surface area contributed by atoms with Crippen LogP contribution in [0.15, 0.2) is 47.5 Å². The topological polar surface area (TPSA) is 26.5 Å². The summed E-state index contributed by atoms with van der Waals surface area (Å²) in [5.41, 5.74) is 5.76. The molecule has 0 unspecified atom stereocenters. The predicted octanol–water partition coefficient (Wildman–Crippen LogP) is 3.99. The molecule has 1 aromatic heterocycles. The van der Waals surface area contributed by atoms with Gasteiger partial charge in [0.15, 0.2) is 0 Å². The molecule has 1 fully saturated rings. The maximum absolute atomic E-state index is 13.4. The zero-order chi connectivity index (χ0) is 16.3. The van der Waals surface area contributed by atoms with Crippen molar-refractivity contribution in [1.29, 1.82) is 0 Å². The van der Waals surface area contributed by atoms with Gasteiger partial charge in [0.25, 0.3) is 0 Å². The molecule has 0 aliphatic carbocycles. The number of halogens is 1. The van der Waals surface area contributed by atoms with Crippen LogP contribution in [0.2, 0.25) is 0 Å². The van der Waals surface area contributed by atoms with E-state index in [4.69, 9.17) is 4.74 Å². The van der Waals surface area contributed by atoms with E-state index >= 15 is 0 Å². The van der Waals surface area contributed by atoms with E-state index < -0.39 is 0 Å². The lowest BCUT2D eigenvalue weighted by atomic mass is 9.84. The Hall–Kier alpha value is -2.46. The Balaban J connectivity index is 1.82. The number of fused-ring (bicyclic) bond motifs is 2. The van der Waals surface area contributed by atoms with Crippen LogP contribution in [-0.2, 0) is 16.7 Å². The third kappa shape index (κ3) is 1.89. The number of benzene rings is 2. The Morgan fingerprint density at radius 2 is 1.92 bits per heavy atom. The minimum atomic E-state index is -0.219.